The van der Waals surface area contributed by atoms with E-state index in [4.69, 9.17) is 28.9 Å². The van der Waals surface area contributed by atoms with Crippen molar-refractivity contribution in [2.24, 2.45) is 5.92 Å². The van der Waals surface area contributed by atoms with Crippen molar-refractivity contribution in [3.05, 3.63) is 22.2 Å². The zero-order chi connectivity index (χ0) is 14.2. The van der Waals surface area contributed by atoms with Crippen molar-refractivity contribution in [2.75, 3.05) is 5.73 Å². The molecule has 0 spiro atoms. The number of hydrogen-bond acceptors (Lipinski definition) is 4. The number of aromatic nitrogens is 4. The van der Waals surface area contributed by atoms with E-state index in [1.54, 1.807) is 16.8 Å². The van der Waals surface area contributed by atoms with Crippen LogP contribution in [0.25, 0.3) is 11.4 Å². The van der Waals surface area contributed by atoms with Gasteiger partial charge in [0.2, 0.25) is 0 Å². The Labute approximate surface area is 121 Å². The van der Waals surface area contributed by atoms with Crippen LogP contribution in [0.2, 0.25) is 10.0 Å². The standard InChI is InChI=1S/C12H15Cl2N5/c1-6(2)7(3)19-12(16-17-18-19)9-4-8(15)5-10(13)11(9)14/h4-7H,15H2,1-3H3. The van der Waals surface area contributed by atoms with E-state index in [2.05, 4.69) is 29.4 Å². The first-order valence-electron chi connectivity index (χ1n) is 5.94. The van der Waals surface area contributed by atoms with Gasteiger partial charge in [-0.25, -0.2) is 4.68 Å². The second-order valence-electron chi connectivity index (χ2n) is 4.80. The van der Waals surface area contributed by atoms with Gasteiger partial charge < -0.3 is 5.73 Å². The Morgan fingerprint density at radius 2 is 1.89 bits per heavy atom. The van der Waals surface area contributed by atoms with Gasteiger partial charge >= 0.3 is 0 Å². The van der Waals surface area contributed by atoms with E-state index in [0.29, 0.717) is 33.0 Å². The summed E-state index contributed by atoms with van der Waals surface area (Å²) in [6, 6.07) is 3.47. The Hall–Kier alpha value is -1.33. The van der Waals surface area contributed by atoms with Gasteiger partial charge in [0.1, 0.15) is 0 Å². The third-order valence-electron chi connectivity index (χ3n) is 3.13. The van der Waals surface area contributed by atoms with Gasteiger partial charge in [-0.3, -0.25) is 0 Å². The SMILES string of the molecule is CC(C)C(C)n1nnnc1-c1cc(N)cc(Cl)c1Cl. The van der Waals surface area contributed by atoms with E-state index in [0.717, 1.165) is 0 Å². The van der Waals surface area contributed by atoms with Gasteiger partial charge in [-0.05, 0) is 35.4 Å². The summed E-state index contributed by atoms with van der Waals surface area (Å²) >= 11 is 12.3. The molecule has 0 amide bonds. The van der Waals surface area contributed by atoms with Crippen LogP contribution in [-0.2, 0) is 0 Å². The minimum atomic E-state index is 0.140. The van der Waals surface area contributed by atoms with Crippen LogP contribution in [0.5, 0.6) is 0 Å². The number of nitrogen functional groups attached to an aromatic ring is 1. The number of hydrogen-bond donors (Lipinski definition) is 1. The number of nitrogens with two attached hydrogens (primary N) is 1. The molecule has 0 saturated heterocycles. The topological polar surface area (TPSA) is 69.6 Å². The summed E-state index contributed by atoms with van der Waals surface area (Å²) in [5, 5.41) is 12.6. The van der Waals surface area contributed by atoms with E-state index < -0.39 is 0 Å². The summed E-state index contributed by atoms with van der Waals surface area (Å²) in [5.74, 6) is 0.956. The molecule has 1 atom stereocenters. The minimum absolute atomic E-state index is 0.140. The number of nitrogens with zero attached hydrogens (tertiary/aromatic N) is 4. The zero-order valence-electron chi connectivity index (χ0n) is 10.9. The molecule has 102 valence electrons. The molecule has 2 N–H and O–H groups in total. The van der Waals surface area contributed by atoms with Crippen LogP contribution in [-0.4, -0.2) is 20.2 Å². The van der Waals surface area contributed by atoms with Crippen LogP contribution >= 0.6 is 23.2 Å². The molecular weight excluding hydrogens is 285 g/mol. The predicted molar refractivity (Wildman–Crippen MR) is 77.2 cm³/mol. The Bertz CT molecular complexity index is 594. The maximum atomic E-state index is 6.22. The van der Waals surface area contributed by atoms with Gasteiger partial charge in [-0.2, -0.15) is 0 Å². The first-order chi connectivity index (χ1) is 8.91. The zero-order valence-corrected chi connectivity index (χ0v) is 12.4. The van der Waals surface area contributed by atoms with Crippen molar-refractivity contribution in [3.63, 3.8) is 0 Å². The van der Waals surface area contributed by atoms with Gasteiger partial charge in [0, 0.05) is 11.3 Å². The van der Waals surface area contributed by atoms with Crippen LogP contribution in [0.3, 0.4) is 0 Å². The largest absolute Gasteiger partial charge is 0.399 e. The van der Waals surface area contributed by atoms with Gasteiger partial charge in [0.25, 0.3) is 0 Å². The highest BCUT2D eigenvalue weighted by Gasteiger charge is 2.20. The van der Waals surface area contributed by atoms with E-state index in [9.17, 15) is 0 Å². The number of anilines is 1. The van der Waals surface area contributed by atoms with Crippen LogP contribution in [0.1, 0.15) is 26.8 Å². The fourth-order valence-electron chi connectivity index (χ4n) is 1.70. The summed E-state index contributed by atoms with van der Waals surface area (Å²) < 4.78 is 1.74. The summed E-state index contributed by atoms with van der Waals surface area (Å²) in [6.45, 7) is 6.25. The average molecular weight is 300 g/mol. The lowest BCUT2D eigenvalue weighted by Gasteiger charge is -2.17. The molecule has 7 heteroatoms. The molecular formula is C12H15Cl2N5. The van der Waals surface area contributed by atoms with E-state index in [1.807, 2.05) is 6.92 Å². The Balaban J connectivity index is 2.58. The molecule has 5 nitrogen and oxygen atoms in total. The number of tetrazole rings is 1. The minimum Gasteiger partial charge on any atom is -0.399 e. The average Bonchev–Trinajstić information content (AvgIpc) is 2.81. The van der Waals surface area contributed by atoms with Crippen molar-refractivity contribution in [1.82, 2.24) is 20.2 Å². The molecule has 0 aliphatic heterocycles. The lowest BCUT2D eigenvalue weighted by molar-refractivity contribution is 0.371. The highest BCUT2D eigenvalue weighted by Crippen LogP contribution is 2.35. The van der Waals surface area contributed by atoms with Crippen molar-refractivity contribution in [1.29, 1.82) is 0 Å². The van der Waals surface area contributed by atoms with Crippen molar-refractivity contribution < 1.29 is 0 Å². The lowest BCUT2D eigenvalue weighted by atomic mass is 10.1. The summed E-state index contributed by atoms with van der Waals surface area (Å²) in [5.41, 5.74) is 6.97. The first kappa shape index (κ1) is 14.1. The lowest BCUT2D eigenvalue weighted by Crippen LogP contribution is -2.14. The second-order valence-corrected chi connectivity index (χ2v) is 5.58. The predicted octanol–water partition coefficient (Wildman–Crippen LogP) is 3.45. The molecule has 0 saturated carbocycles. The highest BCUT2D eigenvalue weighted by molar-refractivity contribution is 6.43. The Morgan fingerprint density at radius 3 is 2.53 bits per heavy atom. The molecule has 19 heavy (non-hydrogen) atoms. The number of halogens is 2. The smallest absolute Gasteiger partial charge is 0.183 e. The molecule has 1 aromatic heterocycles. The van der Waals surface area contributed by atoms with Crippen LogP contribution < -0.4 is 5.73 Å². The molecule has 0 bridgehead atoms. The van der Waals surface area contributed by atoms with E-state index in [1.165, 1.54) is 0 Å². The maximum Gasteiger partial charge on any atom is 0.183 e. The molecule has 0 fully saturated rings. The third kappa shape index (κ3) is 2.67. The van der Waals surface area contributed by atoms with Crippen molar-refractivity contribution in [3.8, 4) is 11.4 Å². The summed E-state index contributed by atoms with van der Waals surface area (Å²) in [7, 11) is 0. The Kier molecular flexibility index (Phi) is 3.96. The molecule has 0 aliphatic carbocycles. The summed E-state index contributed by atoms with van der Waals surface area (Å²) in [6.07, 6.45) is 0. The van der Waals surface area contributed by atoms with Crippen molar-refractivity contribution in [2.45, 2.75) is 26.8 Å². The van der Waals surface area contributed by atoms with Gasteiger partial charge in [-0.15, -0.1) is 5.10 Å². The number of rotatable bonds is 3. The van der Waals surface area contributed by atoms with Gasteiger partial charge in [-0.1, -0.05) is 37.0 Å². The molecule has 2 aromatic rings. The Morgan fingerprint density at radius 1 is 1.21 bits per heavy atom. The molecule has 0 aliphatic rings. The monoisotopic (exact) mass is 299 g/mol. The van der Waals surface area contributed by atoms with Crippen LogP contribution in [0, 0.1) is 5.92 Å². The molecule has 2 rings (SSSR count). The van der Waals surface area contributed by atoms with Gasteiger partial charge in [0.15, 0.2) is 5.82 Å². The fraction of sp³-hybridized carbons (Fsp3) is 0.417. The first-order valence-corrected chi connectivity index (χ1v) is 6.70. The molecule has 0 radical (unpaired) electrons. The maximum absolute atomic E-state index is 6.22. The normalized spacial score (nSPS) is 12.9. The fourth-order valence-corrected chi connectivity index (χ4v) is 2.12. The van der Waals surface area contributed by atoms with Crippen molar-refractivity contribution >= 4 is 28.9 Å². The van der Waals surface area contributed by atoms with E-state index >= 15 is 0 Å². The summed E-state index contributed by atoms with van der Waals surface area (Å²) in [4.78, 5) is 0. The van der Waals surface area contributed by atoms with Crippen LogP contribution in [0.4, 0.5) is 5.69 Å². The van der Waals surface area contributed by atoms with Gasteiger partial charge in [0.05, 0.1) is 16.1 Å². The highest BCUT2D eigenvalue weighted by atomic mass is 35.5. The molecule has 1 aromatic carbocycles. The van der Waals surface area contributed by atoms with Crippen LogP contribution in [0.15, 0.2) is 12.1 Å². The van der Waals surface area contributed by atoms with E-state index in [-0.39, 0.29) is 6.04 Å². The molecule has 1 unspecified atom stereocenters. The third-order valence-corrected chi connectivity index (χ3v) is 3.94. The quantitative estimate of drug-likeness (QED) is 0.881. The second kappa shape index (κ2) is 5.35. The molecule has 1 heterocycles. The number of benzene rings is 1.